The molecule has 190 valence electrons. The molecule has 6 aromatic rings. The number of imidazole rings is 1. The Kier molecular flexibility index (Phi) is 5.90. The minimum atomic E-state index is -4.21. The number of sulfonamides is 1. The Morgan fingerprint density at radius 2 is 1.79 bits per heavy atom. The molecule has 14 heteroatoms. The van der Waals surface area contributed by atoms with Crippen LogP contribution in [0.5, 0.6) is 0 Å². The molecule has 0 saturated heterocycles. The topological polar surface area (TPSA) is 115 Å². The van der Waals surface area contributed by atoms with Gasteiger partial charge in [0.25, 0.3) is 10.0 Å². The summed E-state index contributed by atoms with van der Waals surface area (Å²) >= 11 is 6.80. The van der Waals surface area contributed by atoms with Crippen LogP contribution in [0.4, 0.5) is 26.0 Å². The molecule has 4 heterocycles. The standard InChI is InChI=1S/C24H14ClF2N7O2S2/c25-13-9-10-37-24(13)38(35,36)33-16-6-5-14(26)21(20(16)27)32-23-22-17(28-11-29-23)7-8-19(31-22)34-12-30-15-3-1-2-4-18(15)34/h1-12,33H,(H,28,29,32). The first-order valence-corrected chi connectivity index (χ1v) is 13.6. The van der Waals surface area contributed by atoms with Crippen LogP contribution in [-0.4, -0.2) is 32.9 Å². The van der Waals surface area contributed by atoms with E-state index in [1.807, 2.05) is 24.3 Å². The first kappa shape index (κ1) is 24.2. The molecule has 2 aromatic carbocycles. The normalized spacial score (nSPS) is 11.8. The fourth-order valence-corrected chi connectivity index (χ4v) is 6.57. The molecule has 4 aromatic heterocycles. The highest BCUT2D eigenvalue weighted by Gasteiger charge is 2.24. The van der Waals surface area contributed by atoms with Gasteiger partial charge >= 0.3 is 0 Å². The number of fused-ring (bicyclic) bond motifs is 2. The fourth-order valence-electron chi connectivity index (χ4n) is 3.82. The lowest BCUT2D eigenvalue weighted by atomic mass is 10.2. The summed E-state index contributed by atoms with van der Waals surface area (Å²) in [6.45, 7) is 0. The van der Waals surface area contributed by atoms with Crippen molar-refractivity contribution in [2.24, 2.45) is 0 Å². The van der Waals surface area contributed by atoms with E-state index in [1.165, 1.54) is 17.8 Å². The van der Waals surface area contributed by atoms with E-state index >= 15 is 4.39 Å². The van der Waals surface area contributed by atoms with E-state index < -0.39 is 33.0 Å². The van der Waals surface area contributed by atoms with Crippen LogP contribution in [0.1, 0.15) is 0 Å². The second-order valence-corrected chi connectivity index (χ2v) is 11.1. The van der Waals surface area contributed by atoms with E-state index in [9.17, 15) is 12.8 Å². The average Bonchev–Trinajstić information content (AvgIpc) is 3.55. The van der Waals surface area contributed by atoms with E-state index in [1.54, 1.807) is 23.0 Å². The Morgan fingerprint density at radius 1 is 0.947 bits per heavy atom. The van der Waals surface area contributed by atoms with Gasteiger partial charge in [0.15, 0.2) is 15.8 Å². The molecule has 0 saturated carbocycles. The van der Waals surface area contributed by atoms with Crippen molar-refractivity contribution in [1.82, 2.24) is 24.5 Å². The molecular weight excluding hydrogens is 556 g/mol. The predicted octanol–water partition coefficient (Wildman–Crippen LogP) is 5.90. The quantitative estimate of drug-likeness (QED) is 0.256. The van der Waals surface area contributed by atoms with Crippen molar-refractivity contribution in [3.8, 4) is 5.82 Å². The number of nitrogens with zero attached hydrogens (tertiary/aromatic N) is 5. The Morgan fingerprint density at radius 3 is 2.61 bits per heavy atom. The van der Waals surface area contributed by atoms with Gasteiger partial charge in [-0.15, -0.1) is 11.3 Å². The molecule has 0 aliphatic carbocycles. The molecule has 38 heavy (non-hydrogen) atoms. The molecular formula is C24H14ClF2N7O2S2. The molecule has 0 atom stereocenters. The maximum atomic E-state index is 15.4. The average molecular weight is 570 g/mol. The third-order valence-electron chi connectivity index (χ3n) is 5.57. The van der Waals surface area contributed by atoms with Crippen molar-refractivity contribution in [3.63, 3.8) is 0 Å². The van der Waals surface area contributed by atoms with Crippen LogP contribution >= 0.6 is 22.9 Å². The number of nitrogens with one attached hydrogen (secondary N) is 2. The zero-order chi connectivity index (χ0) is 26.4. The van der Waals surface area contributed by atoms with E-state index in [0.717, 1.165) is 34.5 Å². The van der Waals surface area contributed by atoms with Gasteiger partial charge in [-0.2, -0.15) is 0 Å². The van der Waals surface area contributed by atoms with Crippen molar-refractivity contribution in [2.75, 3.05) is 10.0 Å². The first-order valence-electron chi connectivity index (χ1n) is 10.9. The number of halogens is 3. The number of pyridine rings is 1. The molecule has 0 aliphatic rings. The summed E-state index contributed by atoms with van der Waals surface area (Å²) < 4.78 is 59.3. The molecule has 0 radical (unpaired) electrons. The third-order valence-corrected chi connectivity index (χ3v) is 8.96. The highest BCUT2D eigenvalue weighted by Crippen LogP contribution is 2.34. The Balaban J connectivity index is 1.40. The van der Waals surface area contributed by atoms with E-state index in [0.29, 0.717) is 11.3 Å². The molecule has 0 aliphatic heterocycles. The summed E-state index contributed by atoms with van der Waals surface area (Å²) in [6.07, 6.45) is 2.84. The van der Waals surface area contributed by atoms with Crippen LogP contribution in [0.2, 0.25) is 5.02 Å². The predicted molar refractivity (Wildman–Crippen MR) is 142 cm³/mol. The van der Waals surface area contributed by atoms with Crippen molar-refractivity contribution >= 4 is 72.2 Å². The number of hydrogen-bond acceptors (Lipinski definition) is 8. The largest absolute Gasteiger partial charge is 0.333 e. The van der Waals surface area contributed by atoms with Crippen molar-refractivity contribution < 1.29 is 17.2 Å². The molecule has 0 unspecified atom stereocenters. The molecule has 9 nitrogen and oxygen atoms in total. The van der Waals surface area contributed by atoms with Crippen LogP contribution in [0.15, 0.2) is 76.8 Å². The number of para-hydroxylation sites is 2. The van der Waals surface area contributed by atoms with Crippen molar-refractivity contribution in [2.45, 2.75) is 4.21 Å². The second kappa shape index (κ2) is 9.28. The first-order chi connectivity index (χ1) is 18.3. The van der Waals surface area contributed by atoms with E-state index in [4.69, 9.17) is 11.6 Å². The zero-order valence-electron chi connectivity index (χ0n) is 18.9. The van der Waals surface area contributed by atoms with Crippen LogP contribution in [0.25, 0.3) is 27.9 Å². The van der Waals surface area contributed by atoms with Gasteiger partial charge in [0.05, 0.1) is 27.3 Å². The lowest BCUT2D eigenvalue weighted by Gasteiger charge is -2.14. The van der Waals surface area contributed by atoms with Gasteiger partial charge in [0.1, 0.15) is 35.5 Å². The number of thiophene rings is 1. The van der Waals surface area contributed by atoms with Crippen LogP contribution in [0, 0.1) is 11.6 Å². The number of hydrogen-bond donors (Lipinski definition) is 2. The van der Waals surface area contributed by atoms with E-state index in [-0.39, 0.29) is 20.6 Å². The monoisotopic (exact) mass is 569 g/mol. The SMILES string of the molecule is O=S(=O)(Nc1ccc(F)c(Nc2ncnc3ccc(-n4cnc5ccccc54)nc23)c1F)c1sccc1Cl. The molecule has 0 amide bonds. The number of aromatic nitrogens is 5. The van der Waals surface area contributed by atoms with Crippen molar-refractivity contribution in [3.05, 3.63) is 89.3 Å². The lowest BCUT2D eigenvalue weighted by Crippen LogP contribution is -2.14. The van der Waals surface area contributed by atoms with Crippen molar-refractivity contribution in [1.29, 1.82) is 0 Å². The maximum absolute atomic E-state index is 15.4. The molecule has 0 fully saturated rings. The minimum Gasteiger partial charge on any atom is -0.333 e. The smallest absolute Gasteiger partial charge is 0.273 e. The lowest BCUT2D eigenvalue weighted by molar-refractivity contribution is 0.589. The van der Waals surface area contributed by atoms with Gasteiger partial charge in [-0.05, 0) is 47.8 Å². The minimum absolute atomic E-state index is 0.0108. The summed E-state index contributed by atoms with van der Waals surface area (Å²) in [6, 6.07) is 14.2. The van der Waals surface area contributed by atoms with Gasteiger partial charge in [0.2, 0.25) is 0 Å². The Hall–Kier alpha value is -4.20. The number of benzene rings is 2. The van der Waals surface area contributed by atoms with E-state index in [2.05, 4.69) is 30.0 Å². The van der Waals surface area contributed by atoms with Crippen LogP contribution in [-0.2, 0) is 10.0 Å². The maximum Gasteiger partial charge on any atom is 0.273 e. The summed E-state index contributed by atoms with van der Waals surface area (Å²) in [4.78, 5) is 17.3. The Labute approximate surface area is 222 Å². The molecule has 6 rings (SSSR count). The highest BCUT2D eigenvalue weighted by molar-refractivity contribution is 7.94. The number of rotatable bonds is 6. The van der Waals surface area contributed by atoms with Gasteiger partial charge in [0, 0.05) is 0 Å². The summed E-state index contributed by atoms with van der Waals surface area (Å²) in [5.74, 6) is -1.65. The summed E-state index contributed by atoms with van der Waals surface area (Å²) in [7, 11) is -4.21. The molecule has 2 N–H and O–H groups in total. The van der Waals surface area contributed by atoms with Crippen LogP contribution in [0.3, 0.4) is 0 Å². The molecule has 0 bridgehead atoms. The van der Waals surface area contributed by atoms with Crippen LogP contribution < -0.4 is 10.0 Å². The third kappa shape index (κ3) is 4.20. The van der Waals surface area contributed by atoms with Gasteiger partial charge in [-0.3, -0.25) is 9.29 Å². The molecule has 0 spiro atoms. The van der Waals surface area contributed by atoms with Gasteiger partial charge in [-0.1, -0.05) is 23.7 Å². The van der Waals surface area contributed by atoms with Gasteiger partial charge in [-0.25, -0.2) is 37.1 Å². The number of anilines is 3. The van der Waals surface area contributed by atoms with Gasteiger partial charge < -0.3 is 5.32 Å². The Bertz CT molecular complexity index is 1960. The summed E-state index contributed by atoms with van der Waals surface area (Å²) in [5, 5.41) is 4.09. The second-order valence-electron chi connectivity index (χ2n) is 7.93. The highest BCUT2D eigenvalue weighted by atomic mass is 35.5. The fraction of sp³-hybridized carbons (Fsp3) is 0. The zero-order valence-corrected chi connectivity index (χ0v) is 21.3. The summed E-state index contributed by atoms with van der Waals surface area (Å²) in [5.41, 5.74) is 1.13.